The van der Waals surface area contributed by atoms with Crippen LogP contribution in [0.5, 0.6) is 0 Å². The molecule has 3 aliphatic carbocycles. The van der Waals surface area contributed by atoms with Crippen molar-refractivity contribution in [3.05, 3.63) is 0 Å². The third-order valence-corrected chi connectivity index (χ3v) is 12.2. The molecule has 246 valence electrons. The summed E-state index contributed by atoms with van der Waals surface area (Å²) in [5, 5.41) is 9.14. The predicted molar refractivity (Wildman–Crippen MR) is 169 cm³/mol. The van der Waals surface area contributed by atoms with E-state index in [0.29, 0.717) is 43.1 Å². The van der Waals surface area contributed by atoms with Gasteiger partial charge in [0.25, 0.3) is 0 Å². The van der Waals surface area contributed by atoms with Crippen LogP contribution in [-0.4, -0.2) is 93.0 Å². The fourth-order valence-corrected chi connectivity index (χ4v) is 9.68. The Balaban J connectivity index is 1.19. The molecule has 2 saturated heterocycles. The van der Waals surface area contributed by atoms with Crippen molar-refractivity contribution in [2.45, 2.75) is 127 Å². The number of hydrogen-bond donors (Lipinski definition) is 3. The summed E-state index contributed by atoms with van der Waals surface area (Å²) in [6.07, 6.45) is 16.5. The quantitative estimate of drug-likeness (QED) is 0.330. The minimum atomic E-state index is -0.365. The number of nitrogens with two attached hydrogens (primary N) is 1. The lowest BCUT2D eigenvalue weighted by Gasteiger charge is -2.47. The molecule has 10 atom stereocenters. The van der Waals surface area contributed by atoms with Gasteiger partial charge in [0.1, 0.15) is 6.04 Å². The van der Waals surface area contributed by atoms with E-state index in [4.69, 9.17) is 15.3 Å². The van der Waals surface area contributed by atoms with E-state index in [1.807, 2.05) is 12.2 Å². The highest BCUT2D eigenvalue weighted by Crippen LogP contribution is 2.45. The van der Waals surface area contributed by atoms with E-state index in [1.165, 1.54) is 44.9 Å². The maximum absolute atomic E-state index is 13.7. The number of carbonyl (C=O) groups is 2. The first kappa shape index (κ1) is 33.1. The van der Waals surface area contributed by atoms with Crippen LogP contribution < -0.4 is 16.4 Å². The van der Waals surface area contributed by atoms with Crippen molar-refractivity contribution in [1.29, 1.82) is 0 Å². The molecule has 9 heteroatoms. The molecule has 3 saturated carbocycles. The highest BCUT2D eigenvalue weighted by molar-refractivity contribution is 5.80. The molecule has 4 N–H and O–H groups in total. The topological polar surface area (TPSA) is 109 Å². The van der Waals surface area contributed by atoms with Gasteiger partial charge >= 0.3 is 0 Å². The average Bonchev–Trinajstić information content (AvgIpc) is 3.67. The number of hydrogen-bond acceptors (Lipinski definition) is 7. The smallest absolute Gasteiger partial charge is 0.237 e. The van der Waals surface area contributed by atoms with Gasteiger partial charge in [0.15, 0.2) is 0 Å². The second kappa shape index (κ2) is 15.4. The molecule has 2 aliphatic heterocycles. The minimum absolute atomic E-state index is 0.0334. The van der Waals surface area contributed by atoms with Gasteiger partial charge in [-0.15, -0.1) is 0 Å². The Hall–Kier alpha value is -1.26. The number of ether oxygens (including phenoxy) is 1. The molecule has 0 aromatic rings. The van der Waals surface area contributed by atoms with E-state index in [2.05, 4.69) is 36.6 Å². The van der Waals surface area contributed by atoms with Crippen LogP contribution in [0.15, 0.2) is 0 Å². The van der Waals surface area contributed by atoms with Gasteiger partial charge in [-0.2, -0.15) is 5.06 Å². The normalized spacial score (nSPS) is 39.7. The summed E-state index contributed by atoms with van der Waals surface area (Å²) in [6.45, 7) is 4.07. The van der Waals surface area contributed by atoms with Crippen LogP contribution in [0, 0.1) is 35.5 Å². The summed E-state index contributed by atoms with van der Waals surface area (Å²) >= 11 is 0. The van der Waals surface area contributed by atoms with E-state index < -0.39 is 0 Å². The highest BCUT2D eigenvalue weighted by atomic mass is 16.7. The van der Waals surface area contributed by atoms with Crippen LogP contribution in [0.25, 0.3) is 0 Å². The molecule has 5 fully saturated rings. The number of hydroxylamine groups is 2. The summed E-state index contributed by atoms with van der Waals surface area (Å²) in [4.78, 5) is 34.4. The van der Waals surface area contributed by atoms with Gasteiger partial charge in [0.05, 0.1) is 12.7 Å². The molecule has 0 bridgehead atoms. The summed E-state index contributed by atoms with van der Waals surface area (Å²) < 4.78 is 6.27. The maximum atomic E-state index is 13.7. The lowest BCUT2D eigenvalue weighted by atomic mass is 9.65. The van der Waals surface area contributed by atoms with Crippen LogP contribution in [0.3, 0.4) is 0 Å². The van der Waals surface area contributed by atoms with Gasteiger partial charge in [-0.05, 0) is 96.1 Å². The van der Waals surface area contributed by atoms with Crippen LogP contribution in [0.4, 0.5) is 0 Å². The van der Waals surface area contributed by atoms with Gasteiger partial charge in [-0.25, -0.2) is 0 Å². The van der Waals surface area contributed by atoms with Crippen molar-refractivity contribution in [3.8, 4) is 0 Å². The fourth-order valence-electron chi connectivity index (χ4n) is 9.68. The maximum Gasteiger partial charge on any atom is 0.237 e. The molecular weight excluding hydrogens is 542 g/mol. The summed E-state index contributed by atoms with van der Waals surface area (Å²) in [6, 6.07) is 1.07. The molecule has 5 rings (SSSR count). The number of rotatable bonds is 11. The molecule has 0 aromatic carbocycles. The number of carbonyl (C=O) groups excluding carboxylic acids is 2. The molecule has 0 aromatic heterocycles. The molecule has 43 heavy (non-hydrogen) atoms. The molecule has 2 amide bonds. The minimum Gasteiger partial charge on any atom is -0.381 e. The summed E-state index contributed by atoms with van der Waals surface area (Å²) in [7, 11) is 6.16. The standard InChI is InChI=1S/C34H61N5O4/c1-5-22-21-43-39(31(22)33(35)40)20-24-12-9-13-29(32(24)42-4)25-16-26(18-28(17-25)38(2)3)34(41)36-19-27-14-15-30(37-27)23-10-7-6-8-11-23/h22-32,37H,5-21H2,1-4H3,(H2,35,40)(H,36,41)/t22-,24?,25?,26?,27+,28?,29?,30-,31?,32?/m0/s1. The molecule has 0 radical (unpaired) electrons. The molecule has 5 aliphatic rings. The van der Waals surface area contributed by atoms with E-state index in [0.717, 1.165) is 57.4 Å². The number of primary amides is 1. The Morgan fingerprint density at radius 3 is 2.47 bits per heavy atom. The van der Waals surface area contributed by atoms with Crippen molar-refractivity contribution < 1.29 is 19.2 Å². The molecule has 9 nitrogen and oxygen atoms in total. The number of amides is 2. The highest BCUT2D eigenvalue weighted by Gasteiger charge is 2.46. The molecule has 2 heterocycles. The van der Waals surface area contributed by atoms with Crippen LogP contribution in [0.1, 0.15) is 96.8 Å². The van der Waals surface area contributed by atoms with E-state index in [9.17, 15) is 9.59 Å². The van der Waals surface area contributed by atoms with Crippen molar-refractivity contribution >= 4 is 11.8 Å². The molecule has 0 spiro atoms. The van der Waals surface area contributed by atoms with Crippen molar-refractivity contribution in [3.63, 3.8) is 0 Å². The third-order valence-electron chi connectivity index (χ3n) is 12.2. The van der Waals surface area contributed by atoms with Crippen LogP contribution >= 0.6 is 0 Å². The first-order valence-corrected chi connectivity index (χ1v) is 17.7. The largest absolute Gasteiger partial charge is 0.381 e. The Bertz CT molecular complexity index is 913. The predicted octanol–water partition coefficient (Wildman–Crippen LogP) is 3.71. The first-order chi connectivity index (χ1) is 20.8. The summed E-state index contributed by atoms with van der Waals surface area (Å²) in [5.74, 6) is 2.05. The fraction of sp³-hybridized carbons (Fsp3) is 0.941. The number of nitrogens with one attached hydrogen (secondary N) is 2. The van der Waals surface area contributed by atoms with Gasteiger partial charge < -0.3 is 26.0 Å². The van der Waals surface area contributed by atoms with E-state index in [-0.39, 0.29) is 41.7 Å². The molecule has 7 unspecified atom stereocenters. The van der Waals surface area contributed by atoms with Gasteiger partial charge in [0.2, 0.25) is 11.8 Å². The van der Waals surface area contributed by atoms with Crippen molar-refractivity contribution in [2.24, 2.45) is 41.2 Å². The second-order valence-electron chi connectivity index (χ2n) is 14.9. The van der Waals surface area contributed by atoms with Crippen LogP contribution in [0.2, 0.25) is 0 Å². The lowest BCUT2D eigenvalue weighted by molar-refractivity contribution is -0.167. The molecular formula is C34H61N5O4. The van der Waals surface area contributed by atoms with Crippen molar-refractivity contribution in [2.75, 3.05) is 40.9 Å². The van der Waals surface area contributed by atoms with Crippen LogP contribution in [-0.2, 0) is 19.2 Å². The SMILES string of the molecule is CC[C@H]1CON(CC2CCCC(C3CC(C(=O)NC[C@H]4CC[C@@H](C5CCCCC5)N4)CC(N(C)C)C3)C2OC)C1C(N)=O. The van der Waals surface area contributed by atoms with E-state index >= 15 is 0 Å². The number of methoxy groups -OCH3 is 1. The Morgan fingerprint density at radius 2 is 1.77 bits per heavy atom. The monoisotopic (exact) mass is 603 g/mol. The first-order valence-electron chi connectivity index (χ1n) is 17.7. The second-order valence-corrected chi connectivity index (χ2v) is 14.9. The summed E-state index contributed by atoms with van der Waals surface area (Å²) in [5.41, 5.74) is 5.82. The third kappa shape index (κ3) is 7.94. The lowest BCUT2D eigenvalue weighted by Crippen LogP contribution is -2.51. The zero-order chi connectivity index (χ0) is 30.5. The number of nitrogens with zero attached hydrogens (tertiary/aromatic N) is 2. The zero-order valence-electron chi connectivity index (χ0n) is 27.5. The Morgan fingerprint density at radius 1 is 0.977 bits per heavy atom. The van der Waals surface area contributed by atoms with E-state index in [1.54, 1.807) is 0 Å². The Labute approximate surface area is 260 Å². The van der Waals surface area contributed by atoms with Gasteiger partial charge in [-0.1, -0.05) is 32.6 Å². The average molecular weight is 604 g/mol. The van der Waals surface area contributed by atoms with Gasteiger partial charge in [-0.3, -0.25) is 14.4 Å². The Kier molecular flexibility index (Phi) is 11.8. The van der Waals surface area contributed by atoms with Gasteiger partial charge in [0, 0.05) is 56.1 Å². The zero-order valence-corrected chi connectivity index (χ0v) is 27.5. The van der Waals surface area contributed by atoms with Crippen molar-refractivity contribution in [1.82, 2.24) is 20.6 Å².